The van der Waals surface area contributed by atoms with Crippen molar-refractivity contribution in [1.29, 1.82) is 0 Å². The summed E-state index contributed by atoms with van der Waals surface area (Å²) in [5.41, 5.74) is -0.0373. The Bertz CT molecular complexity index is 846. The molecular weight excluding hydrogens is 323 g/mol. The Hall–Kier alpha value is -2.84. The molecule has 0 bridgehead atoms. The van der Waals surface area contributed by atoms with Gasteiger partial charge in [0.1, 0.15) is 24.5 Å². The molecule has 1 N–H and O–H groups in total. The van der Waals surface area contributed by atoms with E-state index in [4.69, 9.17) is 4.74 Å². The number of hydrogen-bond donors (Lipinski definition) is 1. The Morgan fingerprint density at radius 2 is 2.04 bits per heavy atom. The van der Waals surface area contributed by atoms with Crippen molar-refractivity contribution in [2.24, 2.45) is 0 Å². The predicted octanol–water partition coefficient (Wildman–Crippen LogP) is 2.94. The molecule has 9 heteroatoms. The minimum Gasteiger partial charge on any atom is -0.491 e. The first-order chi connectivity index (χ1) is 11.4. The van der Waals surface area contributed by atoms with Crippen molar-refractivity contribution in [2.75, 3.05) is 18.5 Å². The van der Waals surface area contributed by atoms with Crippen molar-refractivity contribution >= 4 is 11.6 Å². The summed E-state index contributed by atoms with van der Waals surface area (Å²) < 4.78 is 45.4. The lowest BCUT2D eigenvalue weighted by molar-refractivity contribution is -0.138. The van der Waals surface area contributed by atoms with Gasteiger partial charge in [-0.05, 0) is 19.1 Å². The maximum atomic E-state index is 12.9. The Balaban J connectivity index is 1.65. The third-order valence-electron chi connectivity index (χ3n) is 3.24. The highest BCUT2D eigenvalue weighted by atomic mass is 19.4. The van der Waals surface area contributed by atoms with E-state index < -0.39 is 11.7 Å². The van der Waals surface area contributed by atoms with E-state index in [2.05, 4.69) is 20.4 Å². The van der Waals surface area contributed by atoms with Gasteiger partial charge in [-0.2, -0.15) is 27.8 Å². The van der Waals surface area contributed by atoms with Crippen LogP contribution in [0, 0.1) is 6.92 Å². The Morgan fingerprint density at radius 3 is 2.83 bits per heavy atom. The molecule has 0 saturated heterocycles. The quantitative estimate of drug-likeness (QED) is 0.725. The highest BCUT2D eigenvalue weighted by Gasteiger charge is 2.33. The topological polar surface area (TPSA) is 64.3 Å². The molecule has 1 aromatic carbocycles. The highest BCUT2D eigenvalue weighted by Crippen LogP contribution is 2.35. The van der Waals surface area contributed by atoms with Gasteiger partial charge in [-0.25, -0.2) is 4.98 Å². The molecule has 2 aromatic heterocycles. The zero-order valence-corrected chi connectivity index (χ0v) is 12.7. The molecule has 6 nitrogen and oxygen atoms in total. The lowest BCUT2D eigenvalue weighted by atomic mass is 10.2. The van der Waals surface area contributed by atoms with Gasteiger partial charge in [-0.15, -0.1) is 0 Å². The summed E-state index contributed by atoms with van der Waals surface area (Å²) in [5.74, 6) is 0.896. The van der Waals surface area contributed by atoms with Crippen LogP contribution >= 0.6 is 0 Å². The van der Waals surface area contributed by atoms with Crippen LogP contribution in [-0.2, 0) is 6.18 Å². The molecule has 0 spiro atoms. The first-order valence-corrected chi connectivity index (χ1v) is 7.15. The van der Waals surface area contributed by atoms with E-state index in [1.165, 1.54) is 29.0 Å². The number of alkyl halides is 3. The summed E-state index contributed by atoms with van der Waals surface area (Å²) in [4.78, 5) is 8.20. The summed E-state index contributed by atoms with van der Waals surface area (Å²) in [5, 5.41) is 7.09. The second-order valence-corrected chi connectivity index (χ2v) is 5.02. The fraction of sp³-hybridized carbons (Fsp3) is 0.267. The SMILES string of the molecule is Cc1cc(NCCOc2ccccc2C(F)(F)F)n2ncnc2n1. The molecule has 3 aromatic rings. The van der Waals surface area contributed by atoms with E-state index in [1.54, 1.807) is 6.07 Å². The molecule has 0 aliphatic carbocycles. The molecule has 2 heterocycles. The standard InChI is InChI=1S/C15H14F3N5O/c1-10-8-13(23-14(22-10)20-9-21-23)19-6-7-24-12-5-3-2-4-11(12)15(16,17)18/h2-5,8-9,19H,6-7H2,1H3. The van der Waals surface area contributed by atoms with Crippen molar-refractivity contribution in [1.82, 2.24) is 19.6 Å². The number of halogens is 3. The number of nitrogens with zero attached hydrogens (tertiary/aromatic N) is 4. The fourth-order valence-corrected chi connectivity index (χ4v) is 2.22. The number of para-hydroxylation sites is 1. The number of rotatable bonds is 5. The molecule has 0 amide bonds. The van der Waals surface area contributed by atoms with Crippen LogP contribution in [0.4, 0.5) is 19.0 Å². The van der Waals surface area contributed by atoms with E-state index in [-0.39, 0.29) is 12.4 Å². The normalized spacial score (nSPS) is 11.7. The molecule has 24 heavy (non-hydrogen) atoms. The van der Waals surface area contributed by atoms with Gasteiger partial charge in [0.15, 0.2) is 0 Å². The molecule has 0 radical (unpaired) electrons. The lowest BCUT2D eigenvalue weighted by Crippen LogP contribution is -2.16. The Morgan fingerprint density at radius 1 is 1.25 bits per heavy atom. The zero-order chi connectivity index (χ0) is 17.2. The van der Waals surface area contributed by atoms with Gasteiger partial charge >= 0.3 is 6.18 Å². The molecule has 0 fully saturated rings. The van der Waals surface area contributed by atoms with Gasteiger partial charge in [-0.3, -0.25) is 0 Å². The van der Waals surface area contributed by atoms with Crippen LogP contribution in [-0.4, -0.2) is 32.7 Å². The number of anilines is 1. The molecule has 0 aliphatic rings. The summed E-state index contributed by atoms with van der Waals surface area (Å²) >= 11 is 0. The number of nitrogens with one attached hydrogen (secondary N) is 1. The fourth-order valence-electron chi connectivity index (χ4n) is 2.22. The summed E-state index contributed by atoms with van der Waals surface area (Å²) in [6, 6.07) is 6.90. The van der Waals surface area contributed by atoms with Gasteiger partial charge < -0.3 is 10.1 Å². The van der Waals surface area contributed by atoms with Crippen LogP contribution < -0.4 is 10.1 Å². The van der Waals surface area contributed by atoms with Crippen LogP contribution in [0.2, 0.25) is 0 Å². The van der Waals surface area contributed by atoms with E-state index in [0.29, 0.717) is 18.1 Å². The molecular formula is C15H14F3N5O. The van der Waals surface area contributed by atoms with E-state index in [1.807, 2.05) is 6.92 Å². The van der Waals surface area contributed by atoms with Crippen molar-refractivity contribution in [2.45, 2.75) is 13.1 Å². The molecule has 0 atom stereocenters. The second kappa shape index (κ2) is 6.34. The Kier molecular flexibility index (Phi) is 4.24. The monoisotopic (exact) mass is 337 g/mol. The number of aryl methyl sites for hydroxylation is 1. The summed E-state index contributed by atoms with van der Waals surface area (Å²) in [6.07, 6.45) is -3.07. The van der Waals surface area contributed by atoms with E-state index in [9.17, 15) is 13.2 Å². The van der Waals surface area contributed by atoms with Gasteiger partial charge in [0.05, 0.1) is 12.1 Å². The van der Waals surface area contributed by atoms with Crippen molar-refractivity contribution in [3.05, 3.63) is 47.9 Å². The van der Waals surface area contributed by atoms with Gasteiger partial charge in [0, 0.05) is 11.8 Å². The maximum absolute atomic E-state index is 12.9. The molecule has 3 rings (SSSR count). The third-order valence-corrected chi connectivity index (χ3v) is 3.24. The number of benzene rings is 1. The maximum Gasteiger partial charge on any atom is 0.419 e. The first kappa shape index (κ1) is 16.0. The highest BCUT2D eigenvalue weighted by molar-refractivity contribution is 5.44. The number of hydrogen-bond acceptors (Lipinski definition) is 5. The van der Waals surface area contributed by atoms with Crippen molar-refractivity contribution < 1.29 is 17.9 Å². The summed E-state index contributed by atoms with van der Waals surface area (Å²) in [7, 11) is 0. The number of aromatic nitrogens is 4. The first-order valence-electron chi connectivity index (χ1n) is 7.15. The van der Waals surface area contributed by atoms with Crippen LogP contribution in [0.3, 0.4) is 0 Å². The molecule has 0 aliphatic heterocycles. The van der Waals surface area contributed by atoms with Gasteiger partial charge in [0.25, 0.3) is 5.78 Å². The largest absolute Gasteiger partial charge is 0.491 e. The van der Waals surface area contributed by atoms with E-state index >= 15 is 0 Å². The van der Waals surface area contributed by atoms with Crippen LogP contribution in [0.5, 0.6) is 5.75 Å². The lowest BCUT2D eigenvalue weighted by Gasteiger charge is -2.14. The van der Waals surface area contributed by atoms with E-state index in [0.717, 1.165) is 11.8 Å². The van der Waals surface area contributed by atoms with Crippen LogP contribution in [0.25, 0.3) is 5.78 Å². The minimum absolute atomic E-state index is 0.0602. The van der Waals surface area contributed by atoms with Gasteiger partial charge in [0.2, 0.25) is 0 Å². The molecule has 126 valence electrons. The molecule has 0 unspecified atom stereocenters. The predicted molar refractivity (Wildman–Crippen MR) is 80.9 cm³/mol. The second-order valence-electron chi connectivity index (χ2n) is 5.02. The average molecular weight is 337 g/mol. The number of ether oxygens (including phenoxy) is 1. The summed E-state index contributed by atoms with van der Waals surface area (Å²) in [6.45, 7) is 2.17. The smallest absolute Gasteiger partial charge is 0.419 e. The van der Waals surface area contributed by atoms with Crippen LogP contribution in [0.15, 0.2) is 36.7 Å². The van der Waals surface area contributed by atoms with Crippen LogP contribution in [0.1, 0.15) is 11.3 Å². The van der Waals surface area contributed by atoms with Crippen molar-refractivity contribution in [3.8, 4) is 5.75 Å². The van der Waals surface area contributed by atoms with Crippen molar-refractivity contribution in [3.63, 3.8) is 0 Å². The zero-order valence-electron chi connectivity index (χ0n) is 12.7. The van der Waals surface area contributed by atoms with Gasteiger partial charge in [-0.1, -0.05) is 12.1 Å². The minimum atomic E-state index is -4.45. The number of fused-ring (bicyclic) bond motifs is 1. The molecule has 0 saturated carbocycles. The average Bonchev–Trinajstić information content (AvgIpc) is 2.99. The third kappa shape index (κ3) is 3.39. The Labute approximate surface area is 135 Å².